The highest BCUT2D eigenvalue weighted by Crippen LogP contribution is 2.21. The fourth-order valence-electron chi connectivity index (χ4n) is 3.26. The third-order valence-corrected chi connectivity index (χ3v) is 5.50. The summed E-state index contributed by atoms with van der Waals surface area (Å²) in [6.45, 7) is 4.56. The van der Waals surface area contributed by atoms with Gasteiger partial charge in [0.25, 0.3) is 0 Å². The van der Waals surface area contributed by atoms with Gasteiger partial charge in [0.1, 0.15) is 0 Å². The summed E-state index contributed by atoms with van der Waals surface area (Å²) in [7, 11) is 0. The second-order valence-corrected chi connectivity index (χ2v) is 7.30. The van der Waals surface area contributed by atoms with Gasteiger partial charge in [-0.2, -0.15) is 0 Å². The van der Waals surface area contributed by atoms with Crippen molar-refractivity contribution in [1.82, 2.24) is 9.88 Å². The van der Waals surface area contributed by atoms with E-state index in [0.717, 1.165) is 38.2 Å². The van der Waals surface area contributed by atoms with E-state index in [1.165, 1.54) is 30.6 Å². The van der Waals surface area contributed by atoms with E-state index in [2.05, 4.69) is 15.2 Å². The molecule has 144 valence electrons. The number of carbonyl (C=O) groups excluding carboxylic acids is 1. The molecule has 6 nitrogen and oxygen atoms in total. The molecule has 0 aliphatic carbocycles. The molecule has 3 rings (SSSR count). The molecule has 9 heteroatoms. The van der Waals surface area contributed by atoms with E-state index >= 15 is 0 Å². The Labute approximate surface area is 165 Å². The number of carbonyl (C=O) groups is 1. The zero-order chi connectivity index (χ0) is 16.1. The molecule has 0 bridgehead atoms. The van der Waals surface area contributed by atoms with Gasteiger partial charge in [0, 0.05) is 25.1 Å². The lowest BCUT2D eigenvalue weighted by Gasteiger charge is -2.26. The van der Waals surface area contributed by atoms with Gasteiger partial charge >= 0.3 is 0 Å². The highest BCUT2D eigenvalue weighted by Gasteiger charge is 2.27. The number of likely N-dealkylation sites (tertiary alicyclic amines) is 1. The molecule has 1 unspecified atom stereocenters. The van der Waals surface area contributed by atoms with Crippen molar-refractivity contribution >= 4 is 47.2 Å². The number of rotatable bonds is 5. The van der Waals surface area contributed by atoms with Crippen LogP contribution in [0.15, 0.2) is 5.38 Å². The third kappa shape index (κ3) is 6.66. The molecule has 1 aromatic heterocycles. The van der Waals surface area contributed by atoms with Gasteiger partial charge in [-0.1, -0.05) is 6.42 Å². The van der Waals surface area contributed by atoms with Crippen LogP contribution in [0.1, 0.15) is 37.8 Å². The summed E-state index contributed by atoms with van der Waals surface area (Å²) in [4.78, 5) is 19.3. The third-order valence-electron chi connectivity index (χ3n) is 4.69. The Bertz CT molecular complexity index is 520. The summed E-state index contributed by atoms with van der Waals surface area (Å²) in [6.07, 6.45) is 5.58. The van der Waals surface area contributed by atoms with Crippen molar-refractivity contribution in [3.63, 3.8) is 0 Å². The van der Waals surface area contributed by atoms with Gasteiger partial charge < -0.3 is 15.8 Å². The minimum absolute atomic E-state index is 0. The minimum atomic E-state index is -0.478. The lowest BCUT2D eigenvalue weighted by molar-refractivity contribution is -0.119. The number of aromatic nitrogens is 1. The first kappa shape index (κ1) is 22.6. The number of hydrogen-bond acceptors (Lipinski definition) is 6. The molecule has 2 saturated heterocycles. The predicted molar refractivity (Wildman–Crippen MR) is 106 cm³/mol. The Morgan fingerprint density at radius 3 is 2.68 bits per heavy atom. The van der Waals surface area contributed by atoms with Gasteiger partial charge in [-0.3, -0.25) is 9.69 Å². The molecule has 3 heterocycles. The van der Waals surface area contributed by atoms with Crippen LogP contribution in [0.4, 0.5) is 5.13 Å². The number of nitrogens with two attached hydrogens (primary N) is 1. The van der Waals surface area contributed by atoms with E-state index < -0.39 is 6.04 Å². The number of nitrogens with zero attached hydrogens (tertiary/aromatic N) is 2. The van der Waals surface area contributed by atoms with E-state index in [4.69, 9.17) is 10.5 Å². The summed E-state index contributed by atoms with van der Waals surface area (Å²) < 4.78 is 5.32. The number of nitrogens with one attached hydrogen (secondary N) is 1. The average molecular weight is 411 g/mol. The smallest absolute Gasteiger partial charge is 0.243 e. The molecular formula is C16H28Cl2N4O2S. The number of ether oxygens (including phenoxy) is 1. The van der Waals surface area contributed by atoms with E-state index in [9.17, 15) is 4.79 Å². The summed E-state index contributed by atoms with van der Waals surface area (Å²) in [5.41, 5.74) is 7.13. The van der Waals surface area contributed by atoms with Crippen molar-refractivity contribution in [2.24, 2.45) is 11.7 Å². The fourth-order valence-corrected chi connectivity index (χ4v) is 3.97. The minimum Gasteiger partial charge on any atom is -0.381 e. The lowest BCUT2D eigenvalue weighted by atomic mass is 9.92. The first-order valence-corrected chi connectivity index (χ1v) is 9.41. The van der Waals surface area contributed by atoms with Crippen LogP contribution in [0.5, 0.6) is 0 Å². The van der Waals surface area contributed by atoms with Gasteiger partial charge in [-0.25, -0.2) is 4.98 Å². The van der Waals surface area contributed by atoms with E-state index in [1.54, 1.807) is 0 Å². The quantitative estimate of drug-likeness (QED) is 0.779. The van der Waals surface area contributed by atoms with Crippen LogP contribution in [0.3, 0.4) is 0 Å². The fraction of sp³-hybridized carbons (Fsp3) is 0.750. The Kier molecular flexibility index (Phi) is 10.2. The molecule has 0 radical (unpaired) electrons. The maximum absolute atomic E-state index is 12.3. The second kappa shape index (κ2) is 11.3. The zero-order valence-electron chi connectivity index (χ0n) is 14.3. The number of hydrogen-bond donors (Lipinski definition) is 2. The van der Waals surface area contributed by atoms with Crippen molar-refractivity contribution in [2.45, 2.75) is 44.7 Å². The Morgan fingerprint density at radius 2 is 2.00 bits per heavy atom. The molecule has 0 spiro atoms. The van der Waals surface area contributed by atoms with Crippen LogP contribution in [-0.2, 0) is 16.1 Å². The van der Waals surface area contributed by atoms with Crippen molar-refractivity contribution in [3.8, 4) is 0 Å². The molecule has 1 aromatic rings. The first-order valence-electron chi connectivity index (χ1n) is 8.53. The molecule has 0 aromatic carbocycles. The normalized spacial score (nSPS) is 20.2. The largest absolute Gasteiger partial charge is 0.381 e. The first-order chi connectivity index (χ1) is 11.2. The molecule has 25 heavy (non-hydrogen) atoms. The van der Waals surface area contributed by atoms with Crippen LogP contribution in [0.2, 0.25) is 0 Å². The molecule has 1 amide bonds. The SMILES string of the molecule is Cl.Cl.NC(C(=O)Nc1nc(CN2CCCCC2)cs1)C1CCOCC1. The topological polar surface area (TPSA) is 80.5 Å². The van der Waals surface area contributed by atoms with Crippen LogP contribution in [0, 0.1) is 5.92 Å². The number of halogens is 2. The highest BCUT2D eigenvalue weighted by molar-refractivity contribution is 7.13. The number of piperidine rings is 1. The van der Waals surface area contributed by atoms with Crippen molar-refractivity contribution < 1.29 is 9.53 Å². The van der Waals surface area contributed by atoms with Crippen molar-refractivity contribution in [1.29, 1.82) is 0 Å². The monoisotopic (exact) mass is 410 g/mol. The number of anilines is 1. The molecule has 2 fully saturated rings. The Balaban J connectivity index is 0.00000156. The molecule has 1 atom stereocenters. The maximum Gasteiger partial charge on any atom is 0.243 e. The van der Waals surface area contributed by atoms with E-state index in [0.29, 0.717) is 18.3 Å². The van der Waals surface area contributed by atoms with E-state index in [-0.39, 0.29) is 36.6 Å². The number of thiazole rings is 1. The van der Waals surface area contributed by atoms with Gasteiger partial charge in [0.05, 0.1) is 11.7 Å². The summed E-state index contributed by atoms with van der Waals surface area (Å²) >= 11 is 1.48. The Morgan fingerprint density at radius 1 is 1.32 bits per heavy atom. The molecule has 0 saturated carbocycles. The standard InChI is InChI=1S/C16H26N4O2S.2ClH/c17-14(12-4-8-22-9-5-12)15(21)19-16-18-13(11-23-16)10-20-6-2-1-3-7-20;;/h11-12,14H,1-10,17H2,(H,18,19,21);2*1H. The van der Waals surface area contributed by atoms with E-state index in [1.807, 2.05) is 5.38 Å². The molecule has 3 N–H and O–H groups in total. The number of amides is 1. The highest BCUT2D eigenvalue weighted by atomic mass is 35.5. The lowest BCUT2D eigenvalue weighted by Crippen LogP contribution is -2.44. The Hall–Kier alpha value is -0.440. The summed E-state index contributed by atoms with van der Waals surface area (Å²) in [5.74, 6) is 0.0762. The van der Waals surface area contributed by atoms with Crippen LogP contribution in [0.25, 0.3) is 0 Å². The molecule has 2 aliphatic heterocycles. The summed E-state index contributed by atoms with van der Waals surface area (Å²) in [5, 5.41) is 5.57. The van der Waals surface area contributed by atoms with Crippen LogP contribution in [-0.4, -0.2) is 48.1 Å². The van der Waals surface area contributed by atoms with Gasteiger partial charge in [0.2, 0.25) is 5.91 Å². The predicted octanol–water partition coefficient (Wildman–Crippen LogP) is 2.67. The zero-order valence-corrected chi connectivity index (χ0v) is 16.8. The van der Waals surface area contributed by atoms with Gasteiger partial charge in [-0.15, -0.1) is 36.2 Å². The average Bonchev–Trinajstić information content (AvgIpc) is 3.02. The molecule has 2 aliphatic rings. The van der Waals surface area contributed by atoms with Crippen molar-refractivity contribution in [2.75, 3.05) is 31.6 Å². The molecular weight excluding hydrogens is 383 g/mol. The second-order valence-electron chi connectivity index (χ2n) is 6.45. The van der Waals surface area contributed by atoms with Crippen molar-refractivity contribution in [3.05, 3.63) is 11.1 Å². The summed E-state index contributed by atoms with van der Waals surface area (Å²) in [6, 6.07) is -0.478. The van der Waals surface area contributed by atoms with Gasteiger partial charge in [-0.05, 0) is 44.7 Å². The van der Waals surface area contributed by atoms with Crippen LogP contribution >= 0.6 is 36.2 Å². The maximum atomic E-state index is 12.3. The van der Waals surface area contributed by atoms with Gasteiger partial charge in [0.15, 0.2) is 5.13 Å². The van der Waals surface area contributed by atoms with Crippen LogP contribution < -0.4 is 11.1 Å².